The van der Waals surface area contributed by atoms with E-state index in [0.717, 1.165) is 6.20 Å². The summed E-state index contributed by atoms with van der Waals surface area (Å²) in [6, 6.07) is 8.47. The standard InChI is InChI=1S/C38H56F2N6O11SSi2/c1-36(2,3)59(7,8)53-24-27-31(56-60(9,10)37(4,5)6)38(39,40)34(55-27)45-23-20-28(42-35(45)49)41-29(47)16-17-30(48)44-21-18-25(19-22-44)54-32-33(46(50)57-43-32)58(51,52)26-14-12-11-13-15-26/h11-15,20,23,25,27,31,34H,16-19,21-22,24H2,1-10H3,(H,41,42,47,49)/t27-,31-,34-/m1/s1. The summed E-state index contributed by atoms with van der Waals surface area (Å²) in [5, 5.41) is 16.8. The molecule has 4 heterocycles. The minimum absolute atomic E-state index is 0.145. The molecule has 0 radical (unpaired) electrons. The Morgan fingerprint density at radius 2 is 1.62 bits per heavy atom. The molecule has 1 aromatic carbocycles. The van der Waals surface area contributed by atoms with Gasteiger partial charge in [-0.15, -0.1) is 0 Å². The maximum absolute atomic E-state index is 16.4. The monoisotopic (exact) mass is 898 g/mol. The van der Waals surface area contributed by atoms with Gasteiger partial charge >= 0.3 is 22.5 Å². The number of rotatable bonds is 14. The molecular formula is C38H56F2N6O11SSi2. The summed E-state index contributed by atoms with van der Waals surface area (Å²) in [7, 11) is -9.46. The van der Waals surface area contributed by atoms with Crippen molar-refractivity contribution in [1.82, 2.24) is 19.6 Å². The van der Waals surface area contributed by atoms with Crippen molar-refractivity contribution in [2.24, 2.45) is 0 Å². The van der Waals surface area contributed by atoms with Crippen molar-refractivity contribution < 1.29 is 54.6 Å². The van der Waals surface area contributed by atoms with Gasteiger partial charge in [0.2, 0.25) is 18.0 Å². The minimum atomic E-state index is -4.31. The van der Waals surface area contributed by atoms with Crippen LogP contribution < -0.4 is 20.6 Å². The van der Waals surface area contributed by atoms with Crippen LogP contribution in [0.25, 0.3) is 0 Å². The van der Waals surface area contributed by atoms with Gasteiger partial charge in [-0.2, -0.15) is 13.8 Å². The average molecular weight is 899 g/mol. The lowest BCUT2D eigenvalue weighted by Gasteiger charge is -2.41. The Morgan fingerprint density at radius 1 is 1.00 bits per heavy atom. The molecule has 2 aliphatic rings. The SMILES string of the molecule is CC(C)(C)[Si](C)(C)OC[C@H]1O[C@@H](n2ccc(NC(=O)CCC(=O)N3CCC(Oc4no[n+]([O-])c4S(=O)(=O)c4ccccc4)CC3)nc2=O)C(F)(F)[C@@H]1O[Si](C)(C)C(C)(C)C. The third-order valence-corrected chi connectivity index (χ3v) is 22.5. The number of amides is 2. The summed E-state index contributed by atoms with van der Waals surface area (Å²) in [4.78, 5) is 44.1. The second kappa shape index (κ2) is 17.3. The Kier molecular flexibility index (Phi) is 13.6. The lowest BCUT2D eigenvalue weighted by atomic mass is 10.1. The number of hydrogen-bond acceptors (Lipinski definition) is 13. The van der Waals surface area contributed by atoms with Gasteiger partial charge in [0.25, 0.3) is 9.84 Å². The van der Waals surface area contributed by atoms with Crippen molar-refractivity contribution in [3.63, 3.8) is 0 Å². The Hall–Kier alpha value is -4.10. The smallest absolute Gasteiger partial charge is 0.415 e. The molecule has 3 aromatic rings. The molecule has 1 N–H and O–H groups in total. The third-order valence-electron chi connectivity index (χ3n) is 11.8. The molecule has 2 fully saturated rings. The molecule has 0 unspecified atom stereocenters. The third kappa shape index (κ3) is 10.2. The highest BCUT2D eigenvalue weighted by atomic mass is 32.2. The highest BCUT2D eigenvalue weighted by Gasteiger charge is 2.63. The molecule has 5 rings (SSSR count). The normalized spacial score (nSPS) is 20.6. The van der Waals surface area contributed by atoms with Crippen LogP contribution in [0.5, 0.6) is 5.88 Å². The van der Waals surface area contributed by atoms with Gasteiger partial charge in [-0.05, 0) is 59.4 Å². The van der Waals surface area contributed by atoms with E-state index in [4.69, 9.17) is 18.3 Å². The van der Waals surface area contributed by atoms with Crippen LogP contribution in [0.2, 0.25) is 36.3 Å². The van der Waals surface area contributed by atoms with Crippen molar-refractivity contribution in [2.45, 2.75) is 144 Å². The maximum atomic E-state index is 16.4. The second-order valence-electron chi connectivity index (χ2n) is 18.2. The first-order valence-corrected chi connectivity index (χ1v) is 27.0. The second-order valence-corrected chi connectivity index (χ2v) is 29.6. The molecule has 0 aliphatic carbocycles. The summed E-state index contributed by atoms with van der Waals surface area (Å²) in [6.45, 7) is 19.9. The summed E-state index contributed by atoms with van der Waals surface area (Å²) < 4.78 is 88.5. The summed E-state index contributed by atoms with van der Waals surface area (Å²) in [5.41, 5.74) is -1.09. The fourth-order valence-corrected chi connectivity index (χ4v) is 9.69. The molecular weight excluding hydrogens is 843 g/mol. The topological polar surface area (TPSA) is 208 Å². The molecule has 3 atom stereocenters. The van der Waals surface area contributed by atoms with Crippen molar-refractivity contribution >= 4 is 44.1 Å². The maximum Gasteiger partial charge on any atom is 0.415 e. The molecule has 2 saturated heterocycles. The molecule has 17 nitrogen and oxygen atoms in total. The van der Waals surface area contributed by atoms with E-state index in [1.807, 2.05) is 67.7 Å². The largest absolute Gasteiger partial charge is 0.451 e. The Balaban J connectivity index is 1.17. The predicted molar refractivity (Wildman–Crippen MR) is 218 cm³/mol. The first-order valence-electron chi connectivity index (χ1n) is 19.7. The van der Waals surface area contributed by atoms with Crippen LogP contribution in [-0.4, -0.2) is 100 Å². The number of sulfone groups is 1. The number of likely N-dealkylation sites (tertiary alicyclic amines) is 1. The van der Waals surface area contributed by atoms with Gasteiger partial charge < -0.3 is 33.7 Å². The number of alkyl halides is 2. The Bertz CT molecular complexity index is 2190. The quantitative estimate of drug-likeness (QED) is 0.158. The zero-order chi connectivity index (χ0) is 44.6. The minimum Gasteiger partial charge on any atom is -0.451 e. The van der Waals surface area contributed by atoms with Crippen LogP contribution in [0.3, 0.4) is 0 Å². The lowest BCUT2D eigenvalue weighted by Crippen LogP contribution is -2.53. The van der Waals surface area contributed by atoms with E-state index >= 15 is 8.78 Å². The van der Waals surface area contributed by atoms with E-state index in [-0.39, 0.29) is 71.9 Å². The number of carbonyl (C=O) groups excluding carboxylic acids is 2. The van der Waals surface area contributed by atoms with Crippen molar-refractivity contribution in [2.75, 3.05) is 25.0 Å². The molecule has 2 aliphatic heterocycles. The van der Waals surface area contributed by atoms with Crippen LogP contribution in [-0.2, 0) is 33.0 Å². The molecule has 22 heteroatoms. The summed E-state index contributed by atoms with van der Waals surface area (Å²) in [6.07, 6.45) is -4.38. The number of carbonyl (C=O) groups is 2. The Labute approximate surface area is 350 Å². The number of nitrogens with zero attached hydrogens (tertiary/aromatic N) is 5. The molecule has 60 heavy (non-hydrogen) atoms. The Morgan fingerprint density at radius 3 is 2.20 bits per heavy atom. The molecule has 0 saturated carbocycles. The molecule has 0 bridgehead atoms. The van der Waals surface area contributed by atoms with Crippen LogP contribution >= 0.6 is 0 Å². The number of nitrogens with one attached hydrogen (secondary N) is 1. The van der Waals surface area contributed by atoms with Crippen LogP contribution in [0.1, 0.15) is 73.5 Å². The number of anilines is 1. The van der Waals surface area contributed by atoms with E-state index < -0.39 is 84.5 Å². The number of benzene rings is 1. The first kappa shape index (κ1) is 47.0. The number of aromatic nitrogens is 4. The molecule has 2 amide bonds. The van der Waals surface area contributed by atoms with E-state index in [0.29, 0.717) is 4.57 Å². The van der Waals surface area contributed by atoms with Crippen LogP contribution in [0, 0.1) is 5.21 Å². The number of ether oxygens (including phenoxy) is 2. The van der Waals surface area contributed by atoms with E-state index in [1.165, 1.54) is 35.2 Å². The first-order chi connectivity index (χ1) is 27.7. The van der Waals surface area contributed by atoms with Gasteiger partial charge in [-0.3, -0.25) is 18.8 Å². The molecule has 332 valence electrons. The van der Waals surface area contributed by atoms with E-state index in [2.05, 4.69) is 20.1 Å². The number of piperidine rings is 1. The zero-order valence-corrected chi connectivity index (χ0v) is 38.5. The average Bonchev–Trinajstić information content (AvgIpc) is 3.64. The van der Waals surface area contributed by atoms with Gasteiger partial charge in [0.15, 0.2) is 16.6 Å². The van der Waals surface area contributed by atoms with Crippen molar-refractivity contribution in [1.29, 1.82) is 0 Å². The van der Waals surface area contributed by atoms with Crippen molar-refractivity contribution in [3.05, 3.63) is 58.3 Å². The lowest BCUT2D eigenvalue weighted by molar-refractivity contribution is -0.832. The van der Waals surface area contributed by atoms with Gasteiger partial charge in [0.1, 0.15) is 24.1 Å². The predicted octanol–water partition coefficient (Wildman–Crippen LogP) is 5.43. The highest BCUT2D eigenvalue weighted by molar-refractivity contribution is 7.91. The van der Waals surface area contributed by atoms with Gasteiger partial charge in [0, 0.05) is 45.0 Å². The van der Waals surface area contributed by atoms with E-state index in [1.54, 1.807) is 6.07 Å². The van der Waals surface area contributed by atoms with Gasteiger partial charge in [0.05, 0.1) is 16.7 Å². The number of halogens is 2. The van der Waals surface area contributed by atoms with E-state index in [9.17, 15) is 28.0 Å². The summed E-state index contributed by atoms with van der Waals surface area (Å²) in [5.74, 6) is -5.32. The zero-order valence-electron chi connectivity index (χ0n) is 35.7. The fraction of sp³-hybridized carbons (Fsp3) is 0.632. The molecule has 2 aromatic heterocycles. The van der Waals surface area contributed by atoms with Crippen LogP contribution in [0.15, 0.2) is 61.9 Å². The van der Waals surface area contributed by atoms with Gasteiger partial charge in [-0.25, -0.2) is 13.2 Å². The molecule has 0 spiro atoms. The fourth-order valence-electron chi connectivity index (χ4n) is 6.10. The van der Waals surface area contributed by atoms with Crippen molar-refractivity contribution in [3.8, 4) is 5.88 Å². The highest BCUT2D eigenvalue weighted by Crippen LogP contribution is 2.48. The summed E-state index contributed by atoms with van der Waals surface area (Å²) >= 11 is 0. The van der Waals surface area contributed by atoms with Gasteiger partial charge in [-0.1, -0.05) is 59.7 Å². The van der Waals surface area contributed by atoms with Crippen LogP contribution in [0.4, 0.5) is 14.6 Å². The number of hydrogen-bond donors (Lipinski definition) is 1.